The van der Waals surface area contributed by atoms with Crippen molar-refractivity contribution >= 4 is 6.21 Å². The zero-order chi connectivity index (χ0) is 8.53. The summed E-state index contributed by atoms with van der Waals surface area (Å²) < 4.78 is 0. The van der Waals surface area contributed by atoms with Gasteiger partial charge in [0.05, 0.1) is 0 Å². The summed E-state index contributed by atoms with van der Waals surface area (Å²) in [5.74, 6) is 0.428. The Morgan fingerprint density at radius 2 is 2.09 bits per heavy atom. The van der Waals surface area contributed by atoms with Crippen molar-refractivity contribution in [2.45, 2.75) is 46.0 Å². The third-order valence-corrected chi connectivity index (χ3v) is 1.83. The van der Waals surface area contributed by atoms with E-state index < -0.39 is 0 Å². The van der Waals surface area contributed by atoms with Crippen molar-refractivity contribution in [3.63, 3.8) is 0 Å². The summed E-state index contributed by atoms with van der Waals surface area (Å²) in [6.07, 6.45) is 7.91. The average molecular weight is 157 g/mol. The largest absolute Gasteiger partial charge is 0.411 e. The SMILES string of the molecule is CCCCCCC(C)C=NO. The number of rotatable bonds is 6. The number of hydrogen-bond donors (Lipinski definition) is 1. The predicted octanol–water partition coefficient (Wildman–Crippen LogP) is 3.05. The lowest BCUT2D eigenvalue weighted by Gasteiger charge is -2.02. The minimum Gasteiger partial charge on any atom is -0.411 e. The Bertz CT molecular complexity index is 102. The predicted molar refractivity (Wildman–Crippen MR) is 48.2 cm³/mol. The van der Waals surface area contributed by atoms with Crippen LogP contribution in [0.15, 0.2) is 5.16 Å². The Morgan fingerprint density at radius 3 is 2.64 bits per heavy atom. The molecule has 2 heteroatoms. The molecule has 0 aromatic carbocycles. The summed E-state index contributed by atoms with van der Waals surface area (Å²) in [5.41, 5.74) is 0. The van der Waals surface area contributed by atoms with Crippen LogP contribution in [0.1, 0.15) is 46.0 Å². The third kappa shape index (κ3) is 7.37. The molecule has 2 nitrogen and oxygen atoms in total. The Kier molecular flexibility index (Phi) is 7.21. The van der Waals surface area contributed by atoms with Gasteiger partial charge in [0.2, 0.25) is 0 Å². The van der Waals surface area contributed by atoms with Crippen LogP contribution in [0.25, 0.3) is 0 Å². The molecule has 66 valence electrons. The van der Waals surface area contributed by atoms with E-state index in [0.29, 0.717) is 5.92 Å². The fraction of sp³-hybridized carbons (Fsp3) is 0.889. The number of oxime groups is 1. The first-order valence-corrected chi connectivity index (χ1v) is 4.48. The maximum atomic E-state index is 8.21. The van der Waals surface area contributed by atoms with Crippen molar-refractivity contribution in [3.8, 4) is 0 Å². The molecular formula is C9H19NO. The number of hydrogen-bond acceptors (Lipinski definition) is 2. The molecular weight excluding hydrogens is 138 g/mol. The molecule has 0 fully saturated rings. The van der Waals surface area contributed by atoms with Gasteiger partial charge >= 0.3 is 0 Å². The molecule has 0 aliphatic carbocycles. The molecule has 0 radical (unpaired) electrons. The van der Waals surface area contributed by atoms with Crippen LogP contribution in [0.5, 0.6) is 0 Å². The zero-order valence-corrected chi connectivity index (χ0v) is 7.58. The first kappa shape index (κ1) is 10.5. The van der Waals surface area contributed by atoms with Crippen LogP contribution >= 0.6 is 0 Å². The van der Waals surface area contributed by atoms with Gasteiger partial charge in [0, 0.05) is 6.21 Å². The van der Waals surface area contributed by atoms with Gasteiger partial charge in [-0.2, -0.15) is 0 Å². The summed E-state index contributed by atoms with van der Waals surface area (Å²) >= 11 is 0. The first-order chi connectivity index (χ1) is 5.31. The standard InChI is InChI=1S/C9H19NO/c1-3-4-5-6-7-9(2)8-10-11/h8-9,11H,3-7H2,1-2H3. The van der Waals surface area contributed by atoms with E-state index in [1.807, 2.05) is 0 Å². The van der Waals surface area contributed by atoms with Crippen LogP contribution in [0.4, 0.5) is 0 Å². The van der Waals surface area contributed by atoms with E-state index in [1.165, 1.54) is 25.7 Å². The maximum absolute atomic E-state index is 8.21. The van der Waals surface area contributed by atoms with E-state index in [1.54, 1.807) is 6.21 Å². The summed E-state index contributed by atoms with van der Waals surface area (Å²) in [6, 6.07) is 0. The Hall–Kier alpha value is -0.530. The van der Waals surface area contributed by atoms with Crippen molar-refractivity contribution in [1.29, 1.82) is 0 Å². The normalized spacial score (nSPS) is 14.0. The minimum atomic E-state index is 0.428. The zero-order valence-electron chi connectivity index (χ0n) is 7.58. The minimum absolute atomic E-state index is 0.428. The molecule has 0 aromatic heterocycles. The van der Waals surface area contributed by atoms with Crippen LogP contribution < -0.4 is 0 Å². The number of unbranched alkanes of at least 4 members (excludes halogenated alkanes) is 3. The lowest BCUT2D eigenvalue weighted by molar-refractivity contribution is 0.318. The molecule has 0 amide bonds. The van der Waals surface area contributed by atoms with Gasteiger partial charge in [-0.05, 0) is 12.3 Å². The van der Waals surface area contributed by atoms with Gasteiger partial charge in [0.25, 0.3) is 0 Å². The molecule has 0 heterocycles. The monoisotopic (exact) mass is 157 g/mol. The molecule has 0 aliphatic rings. The second kappa shape index (κ2) is 7.58. The van der Waals surface area contributed by atoms with Crippen molar-refractivity contribution in [3.05, 3.63) is 0 Å². The highest BCUT2D eigenvalue weighted by molar-refractivity contribution is 5.58. The second-order valence-corrected chi connectivity index (χ2v) is 3.09. The van der Waals surface area contributed by atoms with Gasteiger partial charge in [-0.1, -0.05) is 39.5 Å². The van der Waals surface area contributed by atoms with Gasteiger partial charge in [-0.15, -0.1) is 5.16 Å². The van der Waals surface area contributed by atoms with Crippen molar-refractivity contribution in [2.75, 3.05) is 0 Å². The van der Waals surface area contributed by atoms with Crippen molar-refractivity contribution in [1.82, 2.24) is 0 Å². The maximum Gasteiger partial charge on any atom is 0.0464 e. The van der Waals surface area contributed by atoms with Crippen LogP contribution in [-0.4, -0.2) is 11.4 Å². The fourth-order valence-electron chi connectivity index (χ4n) is 1.08. The first-order valence-electron chi connectivity index (χ1n) is 4.48. The molecule has 11 heavy (non-hydrogen) atoms. The summed E-state index contributed by atoms with van der Waals surface area (Å²) in [7, 11) is 0. The Morgan fingerprint density at radius 1 is 1.36 bits per heavy atom. The smallest absolute Gasteiger partial charge is 0.0464 e. The third-order valence-electron chi connectivity index (χ3n) is 1.83. The van der Waals surface area contributed by atoms with Gasteiger partial charge < -0.3 is 5.21 Å². The fourth-order valence-corrected chi connectivity index (χ4v) is 1.08. The highest BCUT2D eigenvalue weighted by Crippen LogP contribution is 2.08. The number of nitrogens with zero attached hydrogens (tertiary/aromatic N) is 1. The summed E-state index contributed by atoms with van der Waals surface area (Å²) in [4.78, 5) is 0. The van der Waals surface area contributed by atoms with Crippen LogP contribution in [0.2, 0.25) is 0 Å². The summed E-state index contributed by atoms with van der Waals surface area (Å²) in [5, 5.41) is 11.2. The topological polar surface area (TPSA) is 32.6 Å². The van der Waals surface area contributed by atoms with Crippen LogP contribution in [0, 0.1) is 5.92 Å². The Labute approximate surface area is 69.3 Å². The van der Waals surface area contributed by atoms with Gasteiger partial charge in [-0.3, -0.25) is 0 Å². The Balaban J connectivity index is 3.10. The lowest BCUT2D eigenvalue weighted by atomic mass is 10.0. The van der Waals surface area contributed by atoms with Crippen LogP contribution in [-0.2, 0) is 0 Å². The van der Waals surface area contributed by atoms with Gasteiger partial charge in [-0.25, -0.2) is 0 Å². The van der Waals surface area contributed by atoms with Gasteiger partial charge in [0.1, 0.15) is 0 Å². The highest BCUT2D eigenvalue weighted by atomic mass is 16.4. The summed E-state index contributed by atoms with van der Waals surface area (Å²) in [6.45, 7) is 4.28. The molecule has 0 saturated carbocycles. The van der Waals surface area contributed by atoms with E-state index in [-0.39, 0.29) is 0 Å². The second-order valence-electron chi connectivity index (χ2n) is 3.09. The molecule has 1 atom stereocenters. The molecule has 0 saturated heterocycles. The van der Waals surface area contributed by atoms with E-state index in [9.17, 15) is 0 Å². The van der Waals surface area contributed by atoms with Crippen LogP contribution in [0.3, 0.4) is 0 Å². The lowest BCUT2D eigenvalue weighted by Crippen LogP contribution is -1.95. The average Bonchev–Trinajstić information content (AvgIpc) is 1.99. The molecule has 1 unspecified atom stereocenters. The molecule has 0 aromatic rings. The van der Waals surface area contributed by atoms with Crippen molar-refractivity contribution in [2.24, 2.45) is 11.1 Å². The van der Waals surface area contributed by atoms with E-state index in [2.05, 4.69) is 19.0 Å². The van der Waals surface area contributed by atoms with E-state index in [0.717, 1.165) is 6.42 Å². The van der Waals surface area contributed by atoms with Crippen molar-refractivity contribution < 1.29 is 5.21 Å². The molecule has 0 rings (SSSR count). The van der Waals surface area contributed by atoms with E-state index >= 15 is 0 Å². The molecule has 0 aliphatic heterocycles. The highest BCUT2D eigenvalue weighted by Gasteiger charge is 1.96. The molecule has 1 N–H and O–H groups in total. The molecule has 0 bridgehead atoms. The quantitative estimate of drug-likeness (QED) is 0.273. The molecule has 0 spiro atoms. The van der Waals surface area contributed by atoms with Gasteiger partial charge in [0.15, 0.2) is 0 Å². The van der Waals surface area contributed by atoms with E-state index in [4.69, 9.17) is 5.21 Å².